The number of benzene rings is 1. The number of amides is 1. The number of hydrogen-bond acceptors (Lipinski definition) is 2. The van der Waals surface area contributed by atoms with Crippen LogP contribution < -0.4 is 5.32 Å². The van der Waals surface area contributed by atoms with Crippen LogP contribution in [0.1, 0.15) is 49.0 Å². The number of nitrogens with zero attached hydrogens (tertiary/aromatic N) is 1. The normalized spacial score (nSPS) is 26.4. The highest BCUT2D eigenvalue weighted by molar-refractivity contribution is 5.84. The molecule has 3 heteroatoms. The third kappa shape index (κ3) is 2.47. The number of aryl methyl sites for hydroxylation is 2. The van der Waals surface area contributed by atoms with Gasteiger partial charge in [0.2, 0.25) is 5.91 Å². The Labute approximate surface area is 121 Å². The Hall–Kier alpha value is -1.35. The van der Waals surface area contributed by atoms with Crippen molar-refractivity contribution >= 4 is 5.91 Å². The summed E-state index contributed by atoms with van der Waals surface area (Å²) in [6.45, 7) is 7.24. The fraction of sp³-hybridized carbons (Fsp3) is 0.588. The van der Waals surface area contributed by atoms with Crippen molar-refractivity contribution in [3.63, 3.8) is 0 Å². The maximum absolute atomic E-state index is 12.5. The van der Waals surface area contributed by atoms with Gasteiger partial charge in [-0.1, -0.05) is 30.7 Å². The number of rotatable bonds is 4. The van der Waals surface area contributed by atoms with E-state index in [1.54, 1.807) is 0 Å². The van der Waals surface area contributed by atoms with Gasteiger partial charge in [-0.3, -0.25) is 10.1 Å². The maximum Gasteiger partial charge on any atom is 0.241 e. The van der Waals surface area contributed by atoms with E-state index >= 15 is 0 Å². The first-order valence-electron chi connectivity index (χ1n) is 7.73. The SMILES string of the molecule is CCC1NC(c2cc(C)ccc2C)N(CC2CC2)C1=O. The third-order valence-electron chi connectivity index (χ3n) is 4.54. The topological polar surface area (TPSA) is 32.3 Å². The second-order valence-electron chi connectivity index (χ2n) is 6.32. The number of hydrogen-bond donors (Lipinski definition) is 1. The molecular formula is C17H24N2O. The van der Waals surface area contributed by atoms with Gasteiger partial charge in [-0.15, -0.1) is 0 Å². The van der Waals surface area contributed by atoms with E-state index in [2.05, 4.69) is 49.2 Å². The summed E-state index contributed by atoms with van der Waals surface area (Å²) in [6, 6.07) is 6.50. The smallest absolute Gasteiger partial charge is 0.241 e. The van der Waals surface area contributed by atoms with Gasteiger partial charge < -0.3 is 4.90 Å². The van der Waals surface area contributed by atoms with Crippen molar-refractivity contribution in [2.45, 2.75) is 52.2 Å². The minimum atomic E-state index is -0.0151. The molecule has 108 valence electrons. The van der Waals surface area contributed by atoms with Crippen LogP contribution in [-0.4, -0.2) is 23.4 Å². The lowest BCUT2D eigenvalue weighted by molar-refractivity contribution is -0.130. The first-order valence-corrected chi connectivity index (χ1v) is 7.73. The van der Waals surface area contributed by atoms with Gasteiger partial charge in [-0.2, -0.15) is 0 Å². The van der Waals surface area contributed by atoms with E-state index in [-0.39, 0.29) is 18.1 Å². The Morgan fingerprint density at radius 3 is 2.70 bits per heavy atom. The van der Waals surface area contributed by atoms with E-state index in [1.807, 2.05) is 0 Å². The van der Waals surface area contributed by atoms with Crippen molar-refractivity contribution in [1.29, 1.82) is 0 Å². The fourth-order valence-corrected chi connectivity index (χ4v) is 3.06. The molecule has 1 amide bonds. The molecule has 3 nitrogen and oxygen atoms in total. The minimum Gasteiger partial charge on any atom is -0.321 e. The average Bonchev–Trinajstić information content (AvgIpc) is 3.19. The van der Waals surface area contributed by atoms with Crippen LogP contribution in [0.4, 0.5) is 0 Å². The first kappa shape index (κ1) is 13.6. The van der Waals surface area contributed by atoms with E-state index in [9.17, 15) is 4.79 Å². The molecule has 2 aliphatic rings. The van der Waals surface area contributed by atoms with Crippen LogP contribution in [-0.2, 0) is 4.79 Å². The van der Waals surface area contributed by atoms with E-state index in [0.717, 1.165) is 18.9 Å². The third-order valence-corrected chi connectivity index (χ3v) is 4.54. The van der Waals surface area contributed by atoms with E-state index in [0.29, 0.717) is 0 Å². The summed E-state index contributed by atoms with van der Waals surface area (Å²) >= 11 is 0. The monoisotopic (exact) mass is 272 g/mol. The van der Waals surface area contributed by atoms with E-state index in [4.69, 9.17) is 0 Å². The summed E-state index contributed by atoms with van der Waals surface area (Å²) in [4.78, 5) is 14.6. The van der Waals surface area contributed by atoms with Crippen LogP contribution in [0.5, 0.6) is 0 Å². The van der Waals surface area contributed by atoms with Crippen molar-refractivity contribution in [2.24, 2.45) is 5.92 Å². The molecule has 2 atom stereocenters. The molecule has 20 heavy (non-hydrogen) atoms. The molecule has 1 heterocycles. The lowest BCUT2D eigenvalue weighted by atomic mass is 10.0. The Bertz CT molecular complexity index is 522. The molecule has 1 saturated carbocycles. The molecule has 1 aromatic rings. The molecule has 3 rings (SSSR count). The van der Waals surface area contributed by atoms with Gasteiger partial charge in [0.15, 0.2) is 0 Å². The number of nitrogens with one attached hydrogen (secondary N) is 1. The molecule has 2 unspecified atom stereocenters. The molecule has 1 aliphatic heterocycles. The Morgan fingerprint density at radius 2 is 2.05 bits per heavy atom. The van der Waals surface area contributed by atoms with Crippen LogP contribution in [0.3, 0.4) is 0 Å². The molecule has 0 radical (unpaired) electrons. The molecule has 1 saturated heterocycles. The minimum absolute atomic E-state index is 0.0151. The molecule has 2 fully saturated rings. The van der Waals surface area contributed by atoms with Crippen molar-refractivity contribution in [2.75, 3.05) is 6.54 Å². The van der Waals surface area contributed by atoms with Gasteiger partial charge in [0.1, 0.15) is 6.17 Å². The summed E-state index contributed by atoms with van der Waals surface area (Å²) in [5, 5.41) is 3.53. The van der Waals surface area contributed by atoms with Gasteiger partial charge >= 0.3 is 0 Å². The van der Waals surface area contributed by atoms with Gasteiger partial charge in [0.25, 0.3) is 0 Å². The molecular weight excluding hydrogens is 248 g/mol. The maximum atomic E-state index is 12.5. The van der Waals surface area contributed by atoms with Crippen LogP contribution in [0.25, 0.3) is 0 Å². The second kappa shape index (κ2) is 5.21. The summed E-state index contributed by atoms with van der Waals surface area (Å²) in [5.74, 6) is 1.01. The zero-order valence-electron chi connectivity index (χ0n) is 12.6. The molecule has 0 spiro atoms. The molecule has 1 aromatic carbocycles. The Kier molecular flexibility index (Phi) is 3.55. The highest BCUT2D eigenvalue weighted by Crippen LogP contribution is 2.36. The van der Waals surface area contributed by atoms with Crippen LogP contribution >= 0.6 is 0 Å². The molecule has 0 aromatic heterocycles. The highest BCUT2D eigenvalue weighted by atomic mass is 16.2. The van der Waals surface area contributed by atoms with Gasteiger partial charge in [0, 0.05) is 6.54 Å². The average molecular weight is 272 g/mol. The van der Waals surface area contributed by atoms with Crippen LogP contribution in [0, 0.1) is 19.8 Å². The molecule has 0 bridgehead atoms. The lowest BCUT2D eigenvalue weighted by Crippen LogP contribution is -2.33. The fourth-order valence-electron chi connectivity index (χ4n) is 3.06. The second-order valence-corrected chi connectivity index (χ2v) is 6.32. The molecule has 1 aliphatic carbocycles. The summed E-state index contributed by atoms with van der Waals surface area (Å²) in [7, 11) is 0. The predicted molar refractivity (Wildman–Crippen MR) is 80.3 cm³/mol. The molecule has 1 N–H and O–H groups in total. The largest absolute Gasteiger partial charge is 0.321 e. The van der Waals surface area contributed by atoms with Crippen molar-refractivity contribution in [1.82, 2.24) is 10.2 Å². The van der Waals surface area contributed by atoms with Crippen molar-refractivity contribution in [3.8, 4) is 0 Å². The zero-order chi connectivity index (χ0) is 14.3. The van der Waals surface area contributed by atoms with Gasteiger partial charge in [0.05, 0.1) is 6.04 Å². The summed E-state index contributed by atoms with van der Waals surface area (Å²) < 4.78 is 0. The summed E-state index contributed by atoms with van der Waals surface area (Å²) in [5.41, 5.74) is 3.78. The highest BCUT2D eigenvalue weighted by Gasteiger charge is 2.41. The zero-order valence-corrected chi connectivity index (χ0v) is 12.6. The lowest BCUT2D eigenvalue weighted by Gasteiger charge is -2.26. The van der Waals surface area contributed by atoms with Crippen molar-refractivity contribution in [3.05, 3.63) is 34.9 Å². The van der Waals surface area contributed by atoms with Crippen molar-refractivity contribution < 1.29 is 4.79 Å². The predicted octanol–water partition coefficient (Wildman–Crippen LogP) is 2.92. The van der Waals surface area contributed by atoms with Gasteiger partial charge in [-0.05, 0) is 50.2 Å². The number of carbonyl (C=O) groups is 1. The van der Waals surface area contributed by atoms with Gasteiger partial charge in [-0.25, -0.2) is 0 Å². The standard InChI is InChI=1S/C17H24N2O/c1-4-15-17(20)19(10-13-7-8-13)16(18-15)14-9-11(2)5-6-12(14)3/h5-6,9,13,15-16,18H,4,7-8,10H2,1-3H3. The first-order chi connectivity index (χ1) is 9.60. The van der Waals surface area contributed by atoms with E-state index in [1.165, 1.54) is 29.5 Å². The van der Waals surface area contributed by atoms with E-state index < -0.39 is 0 Å². The quantitative estimate of drug-likeness (QED) is 0.914. The van der Waals surface area contributed by atoms with Crippen LogP contribution in [0.15, 0.2) is 18.2 Å². The summed E-state index contributed by atoms with van der Waals surface area (Å²) in [6.07, 6.45) is 3.48. The number of carbonyl (C=O) groups excluding carboxylic acids is 1. The van der Waals surface area contributed by atoms with Crippen LogP contribution in [0.2, 0.25) is 0 Å². The Morgan fingerprint density at radius 1 is 1.30 bits per heavy atom. The Balaban J connectivity index is 1.92.